The lowest BCUT2D eigenvalue weighted by molar-refractivity contribution is -0.123. The largest absolute Gasteiger partial charge is 0.369 e. The van der Waals surface area contributed by atoms with Crippen LogP contribution < -0.4 is 11.1 Å². The minimum atomic E-state index is -0.246. The summed E-state index contributed by atoms with van der Waals surface area (Å²) < 4.78 is 0. The normalized spacial score (nSPS) is 22.7. The molecular formula is C17H23N3O2. The summed E-state index contributed by atoms with van der Waals surface area (Å²) in [6, 6.07) is 7.93. The summed E-state index contributed by atoms with van der Waals surface area (Å²) >= 11 is 0. The Balaban J connectivity index is 1.74. The van der Waals surface area contributed by atoms with Gasteiger partial charge in [-0.25, -0.2) is 0 Å². The van der Waals surface area contributed by atoms with Crippen molar-refractivity contribution in [3.63, 3.8) is 0 Å². The number of amides is 2. The number of hydrogen-bond acceptors (Lipinski definition) is 3. The first-order valence-corrected chi connectivity index (χ1v) is 8.05. The molecule has 5 nitrogen and oxygen atoms in total. The Morgan fingerprint density at radius 2 is 1.86 bits per heavy atom. The zero-order valence-electron chi connectivity index (χ0n) is 12.8. The maximum Gasteiger partial charge on any atom is 0.254 e. The van der Waals surface area contributed by atoms with Crippen molar-refractivity contribution in [1.29, 1.82) is 0 Å². The van der Waals surface area contributed by atoms with Crippen LogP contribution in [0.15, 0.2) is 24.3 Å². The molecular weight excluding hydrogens is 278 g/mol. The molecule has 0 saturated carbocycles. The van der Waals surface area contributed by atoms with Crippen LogP contribution >= 0.6 is 0 Å². The van der Waals surface area contributed by atoms with Crippen LogP contribution in [0.2, 0.25) is 0 Å². The third kappa shape index (κ3) is 2.99. The summed E-state index contributed by atoms with van der Waals surface area (Å²) in [6.45, 7) is 3.18. The highest BCUT2D eigenvalue weighted by atomic mass is 16.2. The van der Waals surface area contributed by atoms with Crippen LogP contribution in [0.25, 0.3) is 0 Å². The summed E-state index contributed by atoms with van der Waals surface area (Å²) in [5.41, 5.74) is 7.32. The second-order valence-electron chi connectivity index (χ2n) is 6.25. The average Bonchev–Trinajstić information content (AvgIpc) is 3.08. The van der Waals surface area contributed by atoms with E-state index < -0.39 is 0 Å². The van der Waals surface area contributed by atoms with Gasteiger partial charge in [0.25, 0.3) is 5.91 Å². The molecule has 22 heavy (non-hydrogen) atoms. The monoisotopic (exact) mass is 301 g/mol. The summed E-state index contributed by atoms with van der Waals surface area (Å²) in [5, 5.41) is 3.36. The molecule has 1 unspecified atom stereocenters. The van der Waals surface area contributed by atoms with Crippen molar-refractivity contribution in [2.75, 3.05) is 26.2 Å². The van der Waals surface area contributed by atoms with E-state index in [1.165, 1.54) is 0 Å². The van der Waals surface area contributed by atoms with E-state index in [4.69, 9.17) is 5.73 Å². The number of nitrogens with one attached hydrogen (secondary N) is 1. The minimum Gasteiger partial charge on any atom is -0.369 e. The smallest absolute Gasteiger partial charge is 0.254 e. The molecule has 5 heteroatoms. The summed E-state index contributed by atoms with van der Waals surface area (Å²) in [6.07, 6.45) is 2.43. The van der Waals surface area contributed by atoms with Crippen molar-refractivity contribution in [3.05, 3.63) is 35.4 Å². The van der Waals surface area contributed by atoms with Gasteiger partial charge in [-0.2, -0.15) is 0 Å². The zero-order valence-corrected chi connectivity index (χ0v) is 12.8. The Bertz CT molecular complexity index is 559. The van der Waals surface area contributed by atoms with Gasteiger partial charge in [0.05, 0.1) is 0 Å². The Morgan fingerprint density at radius 1 is 1.14 bits per heavy atom. The fraction of sp³-hybridized carbons (Fsp3) is 0.529. The van der Waals surface area contributed by atoms with Crippen molar-refractivity contribution in [3.8, 4) is 0 Å². The standard InChI is InChI=1S/C17H23N3O2/c18-16(21)12-6-9-20(10-7-12)17(22)15-4-2-1-3-14(15)13-5-8-19-11-13/h1-4,12-13,19H,5-11H2,(H2,18,21). The van der Waals surface area contributed by atoms with Gasteiger partial charge in [-0.05, 0) is 43.4 Å². The lowest BCUT2D eigenvalue weighted by atomic mass is 9.91. The van der Waals surface area contributed by atoms with Crippen molar-refractivity contribution in [1.82, 2.24) is 10.2 Å². The zero-order chi connectivity index (χ0) is 15.5. The number of carbonyl (C=O) groups is 2. The number of nitrogens with zero attached hydrogens (tertiary/aromatic N) is 1. The number of piperidine rings is 1. The van der Waals surface area contributed by atoms with E-state index in [2.05, 4.69) is 11.4 Å². The van der Waals surface area contributed by atoms with Gasteiger partial charge in [0, 0.05) is 31.1 Å². The van der Waals surface area contributed by atoms with Gasteiger partial charge in [0.1, 0.15) is 0 Å². The minimum absolute atomic E-state index is 0.0849. The highest BCUT2D eigenvalue weighted by Crippen LogP contribution is 2.27. The molecule has 1 aromatic carbocycles. The second kappa shape index (κ2) is 6.48. The summed E-state index contributed by atoms with van der Waals surface area (Å²) in [4.78, 5) is 25.9. The van der Waals surface area contributed by atoms with Gasteiger partial charge in [-0.3, -0.25) is 9.59 Å². The molecule has 3 N–H and O–H groups in total. The quantitative estimate of drug-likeness (QED) is 0.878. The van der Waals surface area contributed by atoms with E-state index in [0.717, 1.165) is 30.6 Å². The fourth-order valence-electron chi connectivity index (χ4n) is 3.51. The molecule has 1 atom stereocenters. The number of nitrogens with two attached hydrogens (primary N) is 1. The molecule has 0 aliphatic carbocycles. The van der Waals surface area contributed by atoms with Crippen LogP contribution in [0.4, 0.5) is 0 Å². The van der Waals surface area contributed by atoms with E-state index in [-0.39, 0.29) is 17.7 Å². The Kier molecular flexibility index (Phi) is 4.43. The van der Waals surface area contributed by atoms with Gasteiger partial charge >= 0.3 is 0 Å². The number of benzene rings is 1. The van der Waals surface area contributed by atoms with Crippen molar-refractivity contribution < 1.29 is 9.59 Å². The van der Waals surface area contributed by atoms with Gasteiger partial charge in [-0.1, -0.05) is 18.2 Å². The Hall–Kier alpha value is -1.88. The molecule has 2 amide bonds. The predicted molar refractivity (Wildman–Crippen MR) is 84.5 cm³/mol. The highest BCUT2D eigenvalue weighted by molar-refractivity contribution is 5.96. The van der Waals surface area contributed by atoms with E-state index in [9.17, 15) is 9.59 Å². The van der Waals surface area contributed by atoms with Crippen LogP contribution in [0.5, 0.6) is 0 Å². The first kappa shape index (κ1) is 15.0. The maximum atomic E-state index is 12.8. The van der Waals surface area contributed by atoms with E-state index >= 15 is 0 Å². The topological polar surface area (TPSA) is 75.4 Å². The lowest BCUT2D eigenvalue weighted by Gasteiger charge is -2.31. The molecule has 0 bridgehead atoms. The molecule has 118 valence electrons. The van der Waals surface area contributed by atoms with Crippen LogP contribution in [-0.2, 0) is 4.79 Å². The van der Waals surface area contributed by atoms with E-state index in [1.807, 2.05) is 23.1 Å². The number of carbonyl (C=O) groups excluding carboxylic acids is 2. The van der Waals surface area contributed by atoms with Crippen molar-refractivity contribution in [2.45, 2.75) is 25.2 Å². The summed E-state index contributed by atoms with van der Waals surface area (Å²) in [5.74, 6) is 0.177. The van der Waals surface area contributed by atoms with E-state index in [1.54, 1.807) is 0 Å². The van der Waals surface area contributed by atoms with Crippen LogP contribution in [0.3, 0.4) is 0 Å². The first-order chi connectivity index (χ1) is 10.7. The first-order valence-electron chi connectivity index (χ1n) is 8.05. The van der Waals surface area contributed by atoms with Gasteiger partial charge in [-0.15, -0.1) is 0 Å². The van der Waals surface area contributed by atoms with Crippen LogP contribution in [0.1, 0.15) is 41.1 Å². The molecule has 2 aliphatic rings. The average molecular weight is 301 g/mol. The highest BCUT2D eigenvalue weighted by Gasteiger charge is 2.29. The van der Waals surface area contributed by atoms with Crippen LogP contribution in [0, 0.1) is 5.92 Å². The van der Waals surface area contributed by atoms with Crippen LogP contribution in [-0.4, -0.2) is 42.9 Å². The lowest BCUT2D eigenvalue weighted by Crippen LogP contribution is -2.42. The third-order valence-corrected chi connectivity index (χ3v) is 4.88. The Morgan fingerprint density at radius 3 is 2.50 bits per heavy atom. The SMILES string of the molecule is NC(=O)C1CCN(C(=O)c2ccccc2C2CCNC2)CC1. The van der Waals surface area contributed by atoms with Gasteiger partial charge in [0.2, 0.25) is 5.91 Å². The number of primary amides is 1. The second-order valence-corrected chi connectivity index (χ2v) is 6.25. The molecule has 2 aliphatic heterocycles. The summed E-state index contributed by atoms with van der Waals surface area (Å²) in [7, 11) is 0. The number of likely N-dealkylation sites (tertiary alicyclic amines) is 1. The fourth-order valence-corrected chi connectivity index (χ4v) is 3.51. The van der Waals surface area contributed by atoms with Gasteiger partial charge in [0.15, 0.2) is 0 Å². The van der Waals surface area contributed by atoms with E-state index in [0.29, 0.717) is 31.8 Å². The van der Waals surface area contributed by atoms with Crippen molar-refractivity contribution >= 4 is 11.8 Å². The Labute approximate surface area is 130 Å². The molecule has 0 radical (unpaired) electrons. The molecule has 2 fully saturated rings. The molecule has 2 saturated heterocycles. The third-order valence-electron chi connectivity index (χ3n) is 4.88. The number of rotatable bonds is 3. The number of hydrogen-bond donors (Lipinski definition) is 2. The maximum absolute atomic E-state index is 12.8. The molecule has 0 spiro atoms. The molecule has 3 rings (SSSR count). The predicted octanol–water partition coefficient (Wildman–Crippen LogP) is 1.10. The molecule has 0 aromatic heterocycles. The molecule has 1 aromatic rings. The molecule has 2 heterocycles. The van der Waals surface area contributed by atoms with Crippen molar-refractivity contribution in [2.24, 2.45) is 11.7 Å². The van der Waals surface area contributed by atoms with Gasteiger partial charge < -0.3 is 16.0 Å².